The van der Waals surface area contributed by atoms with Crippen LogP contribution in [-0.4, -0.2) is 22.6 Å². The van der Waals surface area contributed by atoms with E-state index >= 15 is 0 Å². The van der Waals surface area contributed by atoms with Crippen LogP contribution in [0.1, 0.15) is 35.8 Å². The van der Waals surface area contributed by atoms with E-state index in [1.54, 1.807) is 36.2 Å². The molecule has 3 rings (SSSR count). The van der Waals surface area contributed by atoms with Gasteiger partial charge >= 0.3 is 0 Å². The predicted molar refractivity (Wildman–Crippen MR) is 102 cm³/mol. The fourth-order valence-electron chi connectivity index (χ4n) is 3.25. The Morgan fingerprint density at radius 3 is 2.48 bits per heavy atom. The molecule has 0 spiro atoms. The lowest BCUT2D eigenvalue weighted by molar-refractivity contribution is 0.0983. The van der Waals surface area contributed by atoms with Crippen molar-refractivity contribution >= 4 is 22.5 Å². The van der Waals surface area contributed by atoms with E-state index in [1.807, 2.05) is 19.1 Å². The molecule has 0 aliphatic rings. The molecule has 0 atom stereocenters. The van der Waals surface area contributed by atoms with Crippen molar-refractivity contribution in [2.75, 3.05) is 11.9 Å². The van der Waals surface area contributed by atoms with Gasteiger partial charge in [-0.25, -0.2) is 0 Å². The highest BCUT2D eigenvalue weighted by Crippen LogP contribution is 2.28. The highest BCUT2D eigenvalue weighted by Gasteiger charge is 2.23. The summed E-state index contributed by atoms with van der Waals surface area (Å²) in [7, 11) is 1.77. The van der Waals surface area contributed by atoms with Crippen molar-refractivity contribution in [1.29, 1.82) is 0 Å². The molecule has 3 aromatic rings. The SMILES string of the molecule is CCCCn1c(C(=O)N(C)c2ccc(O)cc2)c(C)c2ccccc21. The highest BCUT2D eigenvalue weighted by molar-refractivity contribution is 6.09. The maximum atomic E-state index is 13.2. The molecule has 0 saturated carbocycles. The first kappa shape index (κ1) is 17.1. The molecule has 0 saturated heterocycles. The molecule has 0 radical (unpaired) electrons. The average molecular weight is 336 g/mol. The summed E-state index contributed by atoms with van der Waals surface area (Å²) in [5.74, 6) is 0.160. The number of aryl methyl sites for hydroxylation is 2. The van der Waals surface area contributed by atoms with Crippen LogP contribution >= 0.6 is 0 Å². The Kier molecular flexibility index (Phi) is 4.79. The molecule has 0 aliphatic carbocycles. The minimum atomic E-state index is -0.0320. The Balaban J connectivity index is 2.08. The van der Waals surface area contributed by atoms with Gasteiger partial charge in [0.25, 0.3) is 5.91 Å². The summed E-state index contributed by atoms with van der Waals surface area (Å²) in [6, 6.07) is 14.9. The standard InChI is InChI=1S/C21H24N2O2/c1-4-5-14-23-19-9-7-6-8-18(19)15(2)20(23)21(25)22(3)16-10-12-17(24)13-11-16/h6-13,24H,4-5,14H2,1-3H3. The molecule has 0 bridgehead atoms. The molecule has 0 aliphatic heterocycles. The number of aromatic nitrogens is 1. The first-order chi connectivity index (χ1) is 12.0. The molecule has 4 nitrogen and oxygen atoms in total. The number of hydrogen-bond acceptors (Lipinski definition) is 2. The number of benzene rings is 2. The largest absolute Gasteiger partial charge is 0.508 e. The number of nitrogens with zero attached hydrogens (tertiary/aromatic N) is 2. The summed E-state index contributed by atoms with van der Waals surface area (Å²) in [4.78, 5) is 14.9. The monoisotopic (exact) mass is 336 g/mol. The maximum Gasteiger partial charge on any atom is 0.274 e. The zero-order chi connectivity index (χ0) is 18.0. The Morgan fingerprint density at radius 1 is 1.12 bits per heavy atom. The number of para-hydroxylation sites is 1. The van der Waals surface area contributed by atoms with Gasteiger partial charge in [0.05, 0.1) is 0 Å². The molecular formula is C21H24N2O2. The number of unbranched alkanes of at least 4 members (excludes halogenated alkanes) is 1. The van der Waals surface area contributed by atoms with Gasteiger partial charge in [-0.15, -0.1) is 0 Å². The average Bonchev–Trinajstić information content (AvgIpc) is 2.91. The number of fused-ring (bicyclic) bond motifs is 1. The van der Waals surface area contributed by atoms with E-state index in [1.165, 1.54) is 0 Å². The van der Waals surface area contributed by atoms with Crippen LogP contribution in [0.25, 0.3) is 10.9 Å². The van der Waals surface area contributed by atoms with Crippen LogP contribution in [0, 0.1) is 6.92 Å². The van der Waals surface area contributed by atoms with Crippen molar-refractivity contribution < 1.29 is 9.90 Å². The van der Waals surface area contributed by atoms with Crippen molar-refractivity contribution in [3.63, 3.8) is 0 Å². The van der Waals surface area contributed by atoms with Crippen LogP contribution in [0.2, 0.25) is 0 Å². The molecule has 0 fully saturated rings. The third-order valence-corrected chi connectivity index (χ3v) is 4.70. The number of phenols is 1. The Bertz CT molecular complexity index is 894. The van der Waals surface area contributed by atoms with Crippen molar-refractivity contribution in [2.24, 2.45) is 0 Å². The van der Waals surface area contributed by atoms with Crippen LogP contribution in [0.4, 0.5) is 5.69 Å². The van der Waals surface area contributed by atoms with E-state index in [-0.39, 0.29) is 11.7 Å². The van der Waals surface area contributed by atoms with Crippen LogP contribution < -0.4 is 4.90 Å². The molecule has 1 N–H and O–H groups in total. The van der Waals surface area contributed by atoms with Gasteiger partial charge in [0.2, 0.25) is 0 Å². The van der Waals surface area contributed by atoms with Gasteiger partial charge in [-0.05, 0) is 49.2 Å². The molecule has 1 amide bonds. The second kappa shape index (κ2) is 7.01. The Hall–Kier alpha value is -2.75. The fraction of sp³-hybridized carbons (Fsp3) is 0.286. The zero-order valence-corrected chi connectivity index (χ0v) is 15.0. The van der Waals surface area contributed by atoms with Crippen molar-refractivity contribution in [3.05, 3.63) is 59.8 Å². The molecule has 130 valence electrons. The Labute approximate surface area is 148 Å². The van der Waals surface area contributed by atoms with Gasteiger partial charge in [-0.2, -0.15) is 0 Å². The summed E-state index contributed by atoms with van der Waals surface area (Å²) in [5.41, 5.74) is 3.62. The van der Waals surface area contributed by atoms with Gasteiger partial charge in [-0.3, -0.25) is 4.79 Å². The zero-order valence-electron chi connectivity index (χ0n) is 15.0. The van der Waals surface area contributed by atoms with Gasteiger partial charge in [-0.1, -0.05) is 31.5 Å². The van der Waals surface area contributed by atoms with E-state index in [0.29, 0.717) is 0 Å². The minimum absolute atomic E-state index is 0.0320. The number of phenolic OH excluding ortho intramolecular Hbond substituents is 1. The lowest BCUT2D eigenvalue weighted by atomic mass is 10.1. The maximum absolute atomic E-state index is 13.2. The topological polar surface area (TPSA) is 45.5 Å². The van der Waals surface area contributed by atoms with E-state index in [0.717, 1.165) is 47.2 Å². The normalized spacial score (nSPS) is 11.0. The second-order valence-electron chi connectivity index (χ2n) is 6.38. The molecular weight excluding hydrogens is 312 g/mol. The summed E-state index contributed by atoms with van der Waals surface area (Å²) >= 11 is 0. The molecule has 1 aromatic heterocycles. The lowest BCUT2D eigenvalue weighted by Gasteiger charge is -2.20. The van der Waals surface area contributed by atoms with E-state index in [4.69, 9.17) is 0 Å². The van der Waals surface area contributed by atoms with Gasteiger partial charge in [0.15, 0.2) is 0 Å². The number of carbonyl (C=O) groups is 1. The number of amides is 1. The summed E-state index contributed by atoms with van der Waals surface area (Å²) in [6.07, 6.45) is 2.11. The van der Waals surface area contributed by atoms with Gasteiger partial charge < -0.3 is 14.6 Å². The smallest absolute Gasteiger partial charge is 0.274 e. The molecule has 25 heavy (non-hydrogen) atoms. The quantitative estimate of drug-likeness (QED) is 0.732. The Morgan fingerprint density at radius 2 is 1.80 bits per heavy atom. The number of aromatic hydroxyl groups is 1. The van der Waals surface area contributed by atoms with Gasteiger partial charge in [0, 0.05) is 30.2 Å². The van der Waals surface area contributed by atoms with E-state index in [2.05, 4.69) is 23.6 Å². The first-order valence-electron chi connectivity index (χ1n) is 8.69. The fourth-order valence-corrected chi connectivity index (χ4v) is 3.25. The molecule has 2 aromatic carbocycles. The second-order valence-corrected chi connectivity index (χ2v) is 6.38. The van der Waals surface area contributed by atoms with E-state index in [9.17, 15) is 9.90 Å². The van der Waals surface area contributed by atoms with Crippen molar-refractivity contribution in [2.45, 2.75) is 33.2 Å². The van der Waals surface area contributed by atoms with Crippen LogP contribution in [-0.2, 0) is 6.54 Å². The number of carbonyl (C=O) groups excluding carboxylic acids is 1. The molecule has 1 heterocycles. The third kappa shape index (κ3) is 3.12. The van der Waals surface area contributed by atoms with E-state index < -0.39 is 0 Å². The molecule has 0 unspecified atom stereocenters. The van der Waals surface area contributed by atoms with Crippen LogP contribution in [0.5, 0.6) is 5.75 Å². The summed E-state index contributed by atoms with van der Waals surface area (Å²) in [5, 5.41) is 10.6. The van der Waals surface area contributed by atoms with Crippen molar-refractivity contribution in [1.82, 2.24) is 4.57 Å². The van der Waals surface area contributed by atoms with Crippen molar-refractivity contribution in [3.8, 4) is 5.75 Å². The first-order valence-corrected chi connectivity index (χ1v) is 8.69. The number of hydrogen-bond donors (Lipinski definition) is 1. The van der Waals surface area contributed by atoms with Crippen LogP contribution in [0.15, 0.2) is 48.5 Å². The summed E-state index contributed by atoms with van der Waals surface area (Å²) < 4.78 is 2.15. The summed E-state index contributed by atoms with van der Waals surface area (Å²) in [6.45, 7) is 5.00. The minimum Gasteiger partial charge on any atom is -0.508 e. The predicted octanol–water partition coefficient (Wildman–Crippen LogP) is 4.73. The van der Waals surface area contributed by atoms with Crippen LogP contribution in [0.3, 0.4) is 0 Å². The lowest BCUT2D eigenvalue weighted by Crippen LogP contribution is -2.29. The third-order valence-electron chi connectivity index (χ3n) is 4.70. The number of anilines is 1. The number of rotatable bonds is 5. The molecule has 4 heteroatoms. The van der Waals surface area contributed by atoms with Gasteiger partial charge in [0.1, 0.15) is 11.4 Å². The highest BCUT2D eigenvalue weighted by atomic mass is 16.3.